The summed E-state index contributed by atoms with van der Waals surface area (Å²) < 4.78 is 2.06. The number of nitrogens with one attached hydrogen (secondary N) is 1. The van der Waals surface area contributed by atoms with Gasteiger partial charge in [0.2, 0.25) is 0 Å². The Kier molecular flexibility index (Phi) is 2.99. The Balaban J connectivity index is 1.85. The summed E-state index contributed by atoms with van der Waals surface area (Å²) in [5.41, 5.74) is 1.24. The Morgan fingerprint density at radius 1 is 1.64 bits per heavy atom. The first-order valence-corrected chi connectivity index (χ1v) is 5.21. The SMILES string of the molecule is Cn1cncc1CNC1C=CCCC1. The summed E-state index contributed by atoms with van der Waals surface area (Å²) in [6.07, 6.45) is 12.1. The van der Waals surface area contributed by atoms with Gasteiger partial charge < -0.3 is 9.88 Å². The summed E-state index contributed by atoms with van der Waals surface area (Å²) >= 11 is 0. The average molecular weight is 191 g/mol. The number of allylic oxidation sites excluding steroid dienone is 1. The summed E-state index contributed by atoms with van der Waals surface area (Å²) in [5.74, 6) is 0. The summed E-state index contributed by atoms with van der Waals surface area (Å²) in [4.78, 5) is 4.09. The number of nitrogens with zero attached hydrogens (tertiary/aromatic N) is 2. The van der Waals surface area contributed by atoms with E-state index in [0.717, 1.165) is 6.54 Å². The Labute approximate surface area is 84.8 Å². The predicted octanol–water partition coefficient (Wildman–Crippen LogP) is 1.62. The molecule has 14 heavy (non-hydrogen) atoms. The molecular weight excluding hydrogens is 174 g/mol. The third-order valence-electron chi connectivity index (χ3n) is 2.72. The van der Waals surface area contributed by atoms with Gasteiger partial charge in [0.1, 0.15) is 0 Å². The van der Waals surface area contributed by atoms with Crippen molar-refractivity contribution in [2.24, 2.45) is 7.05 Å². The van der Waals surface area contributed by atoms with E-state index in [9.17, 15) is 0 Å². The van der Waals surface area contributed by atoms with Gasteiger partial charge in [0, 0.05) is 25.8 Å². The van der Waals surface area contributed by atoms with Crippen LogP contribution in [0.1, 0.15) is 25.0 Å². The molecule has 1 unspecified atom stereocenters. The minimum absolute atomic E-state index is 0.554. The molecule has 1 aromatic rings. The minimum atomic E-state index is 0.554. The molecule has 1 atom stereocenters. The topological polar surface area (TPSA) is 29.9 Å². The van der Waals surface area contributed by atoms with Crippen LogP contribution in [0.15, 0.2) is 24.7 Å². The van der Waals surface area contributed by atoms with E-state index in [2.05, 4.69) is 27.0 Å². The molecule has 3 heteroatoms. The molecule has 1 heterocycles. The van der Waals surface area contributed by atoms with Crippen molar-refractivity contribution in [1.29, 1.82) is 0 Å². The monoisotopic (exact) mass is 191 g/mol. The third-order valence-corrected chi connectivity index (χ3v) is 2.72. The lowest BCUT2D eigenvalue weighted by atomic mass is 10.0. The molecule has 1 aromatic heterocycles. The number of rotatable bonds is 3. The molecule has 0 aromatic carbocycles. The number of aryl methyl sites for hydroxylation is 1. The molecule has 3 nitrogen and oxygen atoms in total. The number of hydrogen-bond acceptors (Lipinski definition) is 2. The largest absolute Gasteiger partial charge is 0.337 e. The van der Waals surface area contributed by atoms with Crippen LogP contribution in [-0.2, 0) is 13.6 Å². The van der Waals surface area contributed by atoms with Crippen LogP contribution in [0, 0.1) is 0 Å². The zero-order valence-electron chi connectivity index (χ0n) is 8.61. The lowest BCUT2D eigenvalue weighted by Gasteiger charge is -2.17. The van der Waals surface area contributed by atoms with E-state index < -0.39 is 0 Å². The van der Waals surface area contributed by atoms with Crippen molar-refractivity contribution in [3.05, 3.63) is 30.4 Å². The minimum Gasteiger partial charge on any atom is -0.337 e. The molecule has 1 aliphatic carbocycles. The maximum Gasteiger partial charge on any atom is 0.0945 e. The summed E-state index contributed by atoms with van der Waals surface area (Å²) in [5, 5.41) is 3.52. The Morgan fingerprint density at radius 3 is 3.21 bits per heavy atom. The summed E-state index contributed by atoms with van der Waals surface area (Å²) in [6.45, 7) is 0.908. The zero-order valence-corrected chi connectivity index (χ0v) is 8.61. The van der Waals surface area contributed by atoms with Crippen molar-refractivity contribution in [3.8, 4) is 0 Å². The Bertz CT molecular complexity index is 314. The van der Waals surface area contributed by atoms with E-state index in [0.29, 0.717) is 6.04 Å². The van der Waals surface area contributed by atoms with Crippen LogP contribution in [0.25, 0.3) is 0 Å². The van der Waals surface area contributed by atoms with Crippen LogP contribution in [0.4, 0.5) is 0 Å². The van der Waals surface area contributed by atoms with Crippen LogP contribution < -0.4 is 5.32 Å². The maximum atomic E-state index is 4.09. The molecule has 0 saturated carbocycles. The van der Waals surface area contributed by atoms with Crippen LogP contribution in [0.2, 0.25) is 0 Å². The first kappa shape index (κ1) is 9.46. The Hall–Kier alpha value is -1.09. The zero-order chi connectivity index (χ0) is 9.80. The van der Waals surface area contributed by atoms with E-state index >= 15 is 0 Å². The van der Waals surface area contributed by atoms with Gasteiger partial charge in [0.25, 0.3) is 0 Å². The van der Waals surface area contributed by atoms with E-state index in [1.165, 1.54) is 25.0 Å². The number of aromatic nitrogens is 2. The average Bonchev–Trinajstić information content (AvgIpc) is 2.63. The number of imidazole rings is 1. The highest BCUT2D eigenvalue weighted by molar-refractivity contribution is 5.01. The fourth-order valence-corrected chi connectivity index (χ4v) is 1.77. The maximum absolute atomic E-state index is 4.09. The van der Waals surface area contributed by atoms with Gasteiger partial charge in [0.05, 0.1) is 12.0 Å². The normalized spacial score (nSPS) is 21.4. The molecule has 0 bridgehead atoms. The van der Waals surface area contributed by atoms with Crippen LogP contribution in [-0.4, -0.2) is 15.6 Å². The van der Waals surface area contributed by atoms with Crippen LogP contribution >= 0.6 is 0 Å². The molecule has 2 rings (SSSR count). The highest BCUT2D eigenvalue weighted by Gasteiger charge is 2.07. The second-order valence-corrected chi connectivity index (χ2v) is 3.84. The first-order valence-electron chi connectivity index (χ1n) is 5.21. The van der Waals surface area contributed by atoms with E-state index in [-0.39, 0.29) is 0 Å². The molecule has 1 N–H and O–H groups in total. The van der Waals surface area contributed by atoms with Gasteiger partial charge in [-0.25, -0.2) is 4.98 Å². The fraction of sp³-hybridized carbons (Fsp3) is 0.545. The molecule has 76 valence electrons. The lowest BCUT2D eigenvalue weighted by Crippen LogP contribution is -2.28. The van der Waals surface area contributed by atoms with Crippen molar-refractivity contribution < 1.29 is 0 Å². The van der Waals surface area contributed by atoms with Gasteiger partial charge in [-0.15, -0.1) is 0 Å². The molecule has 1 aliphatic rings. The van der Waals surface area contributed by atoms with Crippen molar-refractivity contribution in [1.82, 2.24) is 14.9 Å². The van der Waals surface area contributed by atoms with Gasteiger partial charge in [-0.05, 0) is 19.3 Å². The smallest absolute Gasteiger partial charge is 0.0945 e. The van der Waals surface area contributed by atoms with Crippen molar-refractivity contribution >= 4 is 0 Å². The summed E-state index contributed by atoms with van der Waals surface area (Å²) in [7, 11) is 2.03. The second kappa shape index (κ2) is 4.42. The van der Waals surface area contributed by atoms with Gasteiger partial charge in [-0.1, -0.05) is 12.2 Å². The van der Waals surface area contributed by atoms with Gasteiger partial charge in [0.15, 0.2) is 0 Å². The molecule has 0 amide bonds. The number of hydrogen-bond donors (Lipinski definition) is 1. The van der Waals surface area contributed by atoms with Crippen LogP contribution in [0.3, 0.4) is 0 Å². The van der Waals surface area contributed by atoms with Crippen molar-refractivity contribution in [3.63, 3.8) is 0 Å². The Morgan fingerprint density at radius 2 is 2.57 bits per heavy atom. The standard InChI is InChI=1S/C11H17N3/c1-14-9-12-7-11(14)8-13-10-5-3-2-4-6-10/h3,5,7,9-10,13H,2,4,6,8H2,1H3. The first-order chi connectivity index (χ1) is 6.86. The van der Waals surface area contributed by atoms with Gasteiger partial charge in [-0.2, -0.15) is 0 Å². The van der Waals surface area contributed by atoms with Crippen LogP contribution in [0.5, 0.6) is 0 Å². The molecule has 0 fully saturated rings. The highest BCUT2D eigenvalue weighted by Crippen LogP contribution is 2.10. The van der Waals surface area contributed by atoms with Gasteiger partial charge >= 0.3 is 0 Å². The van der Waals surface area contributed by atoms with E-state index in [1.54, 1.807) is 0 Å². The molecule has 0 radical (unpaired) electrons. The third kappa shape index (κ3) is 2.23. The molecule has 0 spiro atoms. The quantitative estimate of drug-likeness (QED) is 0.736. The van der Waals surface area contributed by atoms with E-state index in [4.69, 9.17) is 0 Å². The van der Waals surface area contributed by atoms with E-state index in [1.807, 2.05) is 19.6 Å². The van der Waals surface area contributed by atoms with Crippen molar-refractivity contribution in [2.75, 3.05) is 0 Å². The lowest BCUT2D eigenvalue weighted by molar-refractivity contribution is 0.513. The van der Waals surface area contributed by atoms with Gasteiger partial charge in [-0.3, -0.25) is 0 Å². The molecule has 0 aliphatic heterocycles. The predicted molar refractivity (Wildman–Crippen MR) is 56.8 cm³/mol. The molecule has 0 saturated heterocycles. The molecular formula is C11H17N3. The fourth-order valence-electron chi connectivity index (χ4n) is 1.77. The summed E-state index contributed by atoms with van der Waals surface area (Å²) in [6, 6.07) is 0.554. The second-order valence-electron chi connectivity index (χ2n) is 3.84. The highest BCUT2D eigenvalue weighted by atomic mass is 15.0. The van der Waals surface area contributed by atoms with Crippen molar-refractivity contribution in [2.45, 2.75) is 31.8 Å².